The molecule has 92 valence electrons. The van der Waals surface area contributed by atoms with Crippen molar-refractivity contribution in [2.24, 2.45) is 0 Å². The smallest absolute Gasteiger partial charge is 0.243 e. The van der Waals surface area contributed by atoms with Crippen molar-refractivity contribution in [1.82, 2.24) is 15.6 Å². The number of benzene rings is 1. The van der Waals surface area contributed by atoms with Gasteiger partial charge in [-0.25, -0.2) is 4.98 Å². The number of carbonyl (C=O) groups excluding carboxylic acids is 1. The number of hydrogen-bond donors (Lipinski definition) is 2. The monoisotopic (exact) mass is 261 g/mol. The Hall–Kier alpha value is -1.65. The van der Waals surface area contributed by atoms with E-state index in [0.717, 1.165) is 17.4 Å². The highest BCUT2D eigenvalue weighted by molar-refractivity contribution is 6.35. The normalized spacial score (nSPS) is 19.8. The van der Waals surface area contributed by atoms with Gasteiger partial charge < -0.3 is 5.32 Å². The molecule has 1 atom stereocenters. The fraction of sp³-hybridized carbons (Fsp3) is 0.231. The van der Waals surface area contributed by atoms with Crippen LogP contribution in [0.25, 0.3) is 10.9 Å². The standard InChI is InChI=1S/C13H12ClN3O/c14-9-3-1-2-8-4-5-10(17-11(8)9)12-13(18)16-7-6-15-12/h1-5,12,15H,6-7H2,(H,16,18). The summed E-state index contributed by atoms with van der Waals surface area (Å²) in [5.41, 5.74) is 1.43. The number of amides is 1. The summed E-state index contributed by atoms with van der Waals surface area (Å²) in [5.74, 6) is -0.0415. The molecule has 5 heteroatoms. The van der Waals surface area contributed by atoms with Crippen LogP contribution in [0, 0.1) is 0 Å². The van der Waals surface area contributed by atoms with E-state index in [1.165, 1.54) is 0 Å². The lowest BCUT2D eigenvalue weighted by atomic mass is 10.1. The Morgan fingerprint density at radius 3 is 2.94 bits per heavy atom. The highest BCUT2D eigenvalue weighted by Gasteiger charge is 2.24. The molecule has 1 aromatic carbocycles. The average molecular weight is 262 g/mol. The molecule has 1 aliphatic rings. The molecule has 0 bridgehead atoms. The Morgan fingerprint density at radius 1 is 1.22 bits per heavy atom. The number of rotatable bonds is 1. The van der Waals surface area contributed by atoms with E-state index in [4.69, 9.17) is 11.6 Å². The minimum Gasteiger partial charge on any atom is -0.353 e. The molecule has 1 fully saturated rings. The summed E-state index contributed by atoms with van der Waals surface area (Å²) in [7, 11) is 0. The molecule has 1 aliphatic heterocycles. The molecule has 0 saturated carbocycles. The minimum absolute atomic E-state index is 0.0415. The molecular weight excluding hydrogens is 250 g/mol. The number of nitrogens with one attached hydrogen (secondary N) is 2. The SMILES string of the molecule is O=C1NCCNC1c1ccc2cccc(Cl)c2n1. The molecule has 18 heavy (non-hydrogen) atoms. The van der Waals surface area contributed by atoms with Crippen molar-refractivity contribution < 1.29 is 4.79 Å². The lowest BCUT2D eigenvalue weighted by Crippen LogP contribution is -2.47. The van der Waals surface area contributed by atoms with Crippen molar-refractivity contribution >= 4 is 28.4 Å². The number of para-hydroxylation sites is 1. The predicted molar refractivity (Wildman–Crippen MR) is 70.5 cm³/mol. The van der Waals surface area contributed by atoms with Gasteiger partial charge in [-0.1, -0.05) is 29.8 Å². The zero-order valence-corrected chi connectivity index (χ0v) is 10.4. The number of nitrogens with zero attached hydrogens (tertiary/aromatic N) is 1. The van der Waals surface area contributed by atoms with Crippen LogP contribution in [-0.2, 0) is 4.79 Å². The number of aromatic nitrogens is 1. The first-order chi connectivity index (χ1) is 8.75. The van der Waals surface area contributed by atoms with Gasteiger partial charge in [0.15, 0.2) is 0 Å². The summed E-state index contributed by atoms with van der Waals surface area (Å²) >= 11 is 6.12. The Labute approximate surface area is 109 Å². The van der Waals surface area contributed by atoms with Gasteiger partial charge in [0.1, 0.15) is 6.04 Å². The van der Waals surface area contributed by atoms with Gasteiger partial charge in [0, 0.05) is 18.5 Å². The summed E-state index contributed by atoms with van der Waals surface area (Å²) in [4.78, 5) is 16.3. The number of piperazine rings is 1. The quantitative estimate of drug-likeness (QED) is 0.821. The topological polar surface area (TPSA) is 54.0 Å². The first-order valence-corrected chi connectivity index (χ1v) is 6.20. The van der Waals surface area contributed by atoms with Crippen LogP contribution in [0.2, 0.25) is 5.02 Å². The van der Waals surface area contributed by atoms with E-state index in [1.54, 1.807) is 6.07 Å². The largest absolute Gasteiger partial charge is 0.353 e. The van der Waals surface area contributed by atoms with E-state index >= 15 is 0 Å². The van der Waals surface area contributed by atoms with Crippen LogP contribution in [0.5, 0.6) is 0 Å². The molecule has 1 aromatic heterocycles. The second-order valence-electron chi connectivity index (χ2n) is 4.23. The van der Waals surface area contributed by atoms with E-state index in [9.17, 15) is 4.79 Å². The van der Waals surface area contributed by atoms with E-state index in [0.29, 0.717) is 17.3 Å². The Balaban J connectivity index is 2.07. The van der Waals surface area contributed by atoms with Crippen molar-refractivity contribution in [1.29, 1.82) is 0 Å². The summed E-state index contributed by atoms with van der Waals surface area (Å²) < 4.78 is 0. The molecule has 2 heterocycles. The number of hydrogen-bond acceptors (Lipinski definition) is 3. The Bertz CT molecular complexity index is 614. The van der Waals surface area contributed by atoms with Crippen LogP contribution in [-0.4, -0.2) is 24.0 Å². The van der Waals surface area contributed by atoms with E-state index < -0.39 is 0 Å². The Morgan fingerprint density at radius 2 is 2.11 bits per heavy atom. The molecule has 2 aromatic rings. The van der Waals surface area contributed by atoms with Gasteiger partial charge in [0.2, 0.25) is 5.91 Å². The number of halogens is 1. The summed E-state index contributed by atoms with van der Waals surface area (Å²) in [6.45, 7) is 1.41. The van der Waals surface area contributed by atoms with Gasteiger partial charge in [-0.3, -0.25) is 10.1 Å². The fourth-order valence-corrected chi connectivity index (χ4v) is 2.35. The van der Waals surface area contributed by atoms with Crippen molar-refractivity contribution in [3.8, 4) is 0 Å². The zero-order valence-electron chi connectivity index (χ0n) is 9.61. The van der Waals surface area contributed by atoms with Gasteiger partial charge in [-0.2, -0.15) is 0 Å². The van der Waals surface area contributed by atoms with Crippen molar-refractivity contribution in [3.63, 3.8) is 0 Å². The molecule has 4 nitrogen and oxygen atoms in total. The average Bonchev–Trinajstić information content (AvgIpc) is 2.40. The third kappa shape index (κ3) is 1.94. The van der Waals surface area contributed by atoms with Gasteiger partial charge in [0.25, 0.3) is 0 Å². The number of fused-ring (bicyclic) bond motifs is 1. The zero-order chi connectivity index (χ0) is 12.5. The van der Waals surface area contributed by atoms with Gasteiger partial charge >= 0.3 is 0 Å². The highest BCUT2D eigenvalue weighted by atomic mass is 35.5. The lowest BCUT2D eigenvalue weighted by molar-refractivity contribution is -0.124. The first kappa shape index (κ1) is 11.4. The number of carbonyl (C=O) groups is 1. The van der Waals surface area contributed by atoms with E-state index in [-0.39, 0.29) is 11.9 Å². The second kappa shape index (κ2) is 4.55. The van der Waals surface area contributed by atoms with Crippen LogP contribution in [0.15, 0.2) is 30.3 Å². The molecular formula is C13H12ClN3O. The summed E-state index contributed by atoms with van der Waals surface area (Å²) in [6.07, 6.45) is 0. The van der Waals surface area contributed by atoms with Crippen LogP contribution >= 0.6 is 11.6 Å². The Kier molecular flexibility index (Phi) is 2.89. The molecule has 1 amide bonds. The molecule has 1 unspecified atom stereocenters. The van der Waals surface area contributed by atoms with Crippen molar-refractivity contribution in [2.45, 2.75) is 6.04 Å². The minimum atomic E-state index is -0.389. The summed E-state index contributed by atoms with van der Waals surface area (Å²) in [5, 5.41) is 7.55. The van der Waals surface area contributed by atoms with Crippen molar-refractivity contribution in [3.05, 3.63) is 41.0 Å². The maximum Gasteiger partial charge on any atom is 0.243 e. The molecule has 0 spiro atoms. The van der Waals surface area contributed by atoms with Crippen LogP contribution < -0.4 is 10.6 Å². The van der Waals surface area contributed by atoms with E-state index in [2.05, 4.69) is 15.6 Å². The second-order valence-corrected chi connectivity index (χ2v) is 4.63. The van der Waals surface area contributed by atoms with Gasteiger partial charge in [0.05, 0.1) is 16.2 Å². The number of pyridine rings is 1. The molecule has 3 rings (SSSR count). The van der Waals surface area contributed by atoms with Gasteiger partial charge in [-0.05, 0) is 12.1 Å². The van der Waals surface area contributed by atoms with Crippen LogP contribution in [0.1, 0.15) is 11.7 Å². The fourth-order valence-electron chi connectivity index (χ4n) is 2.12. The molecule has 1 saturated heterocycles. The maximum atomic E-state index is 11.8. The van der Waals surface area contributed by atoms with Crippen LogP contribution in [0.3, 0.4) is 0 Å². The molecule has 2 N–H and O–H groups in total. The summed E-state index contributed by atoms with van der Waals surface area (Å²) in [6, 6.07) is 9.05. The lowest BCUT2D eigenvalue weighted by Gasteiger charge is -2.23. The predicted octanol–water partition coefficient (Wildman–Crippen LogP) is 1.65. The maximum absolute atomic E-state index is 11.8. The van der Waals surface area contributed by atoms with E-state index in [1.807, 2.05) is 24.3 Å². The van der Waals surface area contributed by atoms with Gasteiger partial charge in [-0.15, -0.1) is 0 Å². The van der Waals surface area contributed by atoms with Crippen molar-refractivity contribution in [2.75, 3.05) is 13.1 Å². The third-order valence-electron chi connectivity index (χ3n) is 3.02. The van der Waals surface area contributed by atoms with Crippen LogP contribution in [0.4, 0.5) is 0 Å². The first-order valence-electron chi connectivity index (χ1n) is 5.82. The molecule has 0 radical (unpaired) electrons. The molecule has 0 aliphatic carbocycles. The third-order valence-corrected chi connectivity index (χ3v) is 3.33. The highest BCUT2D eigenvalue weighted by Crippen LogP contribution is 2.23.